The molecule has 0 unspecified atom stereocenters. The fourth-order valence-electron chi connectivity index (χ4n) is 5.63. The van der Waals surface area contributed by atoms with Crippen molar-refractivity contribution in [1.82, 2.24) is 10.2 Å². The SMILES string of the molecule is COc1ccc(C[C@H](NC(=O)[C@H](C)CC(=O)CN2CCOCC2)C(=O)C[C@@H](CC2=CCCC2)C(=O)[C@@]2(C)CO2)cc1. The minimum absolute atomic E-state index is 0.0132. The van der Waals surface area contributed by atoms with Gasteiger partial charge in [-0.1, -0.05) is 30.7 Å². The van der Waals surface area contributed by atoms with Gasteiger partial charge in [0.1, 0.15) is 17.1 Å². The highest BCUT2D eigenvalue weighted by Crippen LogP contribution is 2.35. The van der Waals surface area contributed by atoms with Gasteiger partial charge in [-0.15, -0.1) is 0 Å². The molecule has 0 aromatic heterocycles. The maximum absolute atomic E-state index is 13.8. The quantitative estimate of drug-likeness (QED) is 0.239. The van der Waals surface area contributed by atoms with Gasteiger partial charge in [0.15, 0.2) is 11.6 Å². The first-order valence-electron chi connectivity index (χ1n) is 14.8. The van der Waals surface area contributed by atoms with Gasteiger partial charge in [0.2, 0.25) is 5.91 Å². The van der Waals surface area contributed by atoms with Crippen molar-refractivity contribution in [2.45, 2.75) is 70.4 Å². The van der Waals surface area contributed by atoms with Gasteiger partial charge in [-0.05, 0) is 56.7 Å². The molecule has 2 saturated heterocycles. The van der Waals surface area contributed by atoms with Crippen molar-refractivity contribution in [3.63, 3.8) is 0 Å². The number of methoxy groups -OCH3 is 1. The summed E-state index contributed by atoms with van der Waals surface area (Å²) in [5.41, 5.74) is 1.25. The minimum Gasteiger partial charge on any atom is -0.497 e. The van der Waals surface area contributed by atoms with E-state index in [2.05, 4.69) is 11.4 Å². The first-order chi connectivity index (χ1) is 19.7. The lowest BCUT2D eigenvalue weighted by atomic mass is 9.83. The Morgan fingerprint density at radius 3 is 2.39 bits per heavy atom. The van der Waals surface area contributed by atoms with Crippen molar-refractivity contribution in [1.29, 1.82) is 0 Å². The first-order valence-corrected chi connectivity index (χ1v) is 14.8. The van der Waals surface area contributed by atoms with Gasteiger partial charge in [-0.25, -0.2) is 0 Å². The van der Waals surface area contributed by atoms with Crippen LogP contribution in [-0.4, -0.2) is 86.4 Å². The molecule has 2 fully saturated rings. The average molecular weight is 569 g/mol. The minimum atomic E-state index is -0.825. The Morgan fingerprint density at radius 2 is 1.78 bits per heavy atom. The molecule has 4 rings (SSSR count). The van der Waals surface area contributed by atoms with Crippen molar-refractivity contribution >= 4 is 23.3 Å². The molecule has 0 radical (unpaired) electrons. The number of carbonyl (C=O) groups excluding carboxylic acids is 4. The summed E-state index contributed by atoms with van der Waals surface area (Å²) >= 11 is 0. The van der Waals surface area contributed by atoms with E-state index in [1.54, 1.807) is 21.0 Å². The van der Waals surface area contributed by atoms with Crippen LogP contribution in [0.15, 0.2) is 35.9 Å². The summed E-state index contributed by atoms with van der Waals surface area (Å²) < 4.78 is 16.0. The van der Waals surface area contributed by atoms with Crippen LogP contribution in [0.25, 0.3) is 0 Å². The molecule has 3 aliphatic rings. The van der Waals surface area contributed by atoms with Crippen LogP contribution in [0.1, 0.15) is 57.9 Å². The first kappa shape index (κ1) is 31.1. The second-order valence-electron chi connectivity index (χ2n) is 11.9. The topological polar surface area (TPSA) is 115 Å². The van der Waals surface area contributed by atoms with Crippen molar-refractivity contribution in [3.05, 3.63) is 41.5 Å². The fourth-order valence-corrected chi connectivity index (χ4v) is 5.63. The molecule has 1 aromatic carbocycles. The number of morpholine rings is 1. The predicted octanol–water partition coefficient (Wildman–Crippen LogP) is 3.08. The zero-order chi connectivity index (χ0) is 29.4. The molecule has 224 valence electrons. The van der Waals surface area contributed by atoms with E-state index < -0.39 is 23.5 Å². The number of nitrogens with zero attached hydrogens (tertiary/aromatic N) is 1. The number of carbonyl (C=O) groups is 4. The standard InChI is InChI=1S/C32H44N2O7/c1-22(16-26(35)20-34-12-14-40-15-13-34)31(38)33-28(18-24-8-10-27(39-3)11-9-24)29(36)19-25(17-23-6-4-5-7-23)30(37)32(2)21-41-32/h6,8-11,22,25,28H,4-5,7,12-21H2,1-3H3,(H,33,38)/t22-,25-,28+,32-/m1/s1. The van der Waals surface area contributed by atoms with Gasteiger partial charge in [0, 0.05) is 37.8 Å². The highest BCUT2D eigenvalue weighted by molar-refractivity contribution is 5.97. The molecule has 2 heterocycles. The summed E-state index contributed by atoms with van der Waals surface area (Å²) in [6.45, 7) is 6.76. The van der Waals surface area contributed by atoms with Crippen LogP contribution < -0.4 is 10.1 Å². The Labute approximate surface area is 243 Å². The number of nitrogens with one attached hydrogen (secondary N) is 1. The number of Topliss-reactive ketones (excluding diaryl/α,β-unsaturated/α-hetero) is 3. The van der Waals surface area contributed by atoms with Crippen molar-refractivity contribution in [2.24, 2.45) is 11.8 Å². The molecule has 1 amide bonds. The van der Waals surface area contributed by atoms with E-state index in [0.717, 1.165) is 24.8 Å². The Bertz CT molecular complexity index is 1120. The van der Waals surface area contributed by atoms with Gasteiger partial charge >= 0.3 is 0 Å². The number of epoxide rings is 1. The maximum atomic E-state index is 13.8. The Hall–Kier alpha value is -2.88. The summed E-state index contributed by atoms with van der Waals surface area (Å²) in [6.07, 6.45) is 6.12. The summed E-state index contributed by atoms with van der Waals surface area (Å²) in [6, 6.07) is 6.54. The fraction of sp³-hybridized carbons (Fsp3) is 0.625. The average Bonchev–Trinajstić information content (AvgIpc) is 3.51. The highest BCUT2D eigenvalue weighted by Gasteiger charge is 2.50. The molecule has 2 aliphatic heterocycles. The number of amides is 1. The maximum Gasteiger partial charge on any atom is 0.223 e. The lowest BCUT2D eigenvalue weighted by molar-refractivity contribution is -0.134. The van der Waals surface area contributed by atoms with Gasteiger partial charge in [0.05, 0.1) is 39.5 Å². The van der Waals surface area contributed by atoms with E-state index in [9.17, 15) is 19.2 Å². The van der Waals surface area contributed by atoms with Crippen molar-refractivity contribution in [3.8, 4) is 5.75 Å². The zero-order valence-corrected chi connectivity index (χ0v) is 24.6. The van der Waals surface area contributed by atoms with Gasteiger partial charge in [-0.2, -0.15) is 0 Å². The normalized spacial score (nSPS) is 22.8. The van der Waals surface area contributed by atoms with E-state index in [-0.39, 0.29) is 49.1 Å². The van der Waals surface area contributed by atoms with Crippen LogP contribution in [0.3, 0.4) is 0 Å². The number of ketones is 3. The van der Waals surface area contributed by atoms with Gasteiger partial charge in [-0.3, -0.25) is 24.1 Å². The number of hydrogen-bond donors (Lipinski definition) is 1. The summed E-state index contributed by atoms with van der Waals surface area (Å²) in [5.74, 6) is -0.984. The predicted molar refractivity (Wildman–Crippen MR) is 154 cm³/mol. The molecule has 1 aromatic rings. The molecule has 0 bridgehead atoms. The third-order valence-corrected chi connectivity index (χ3v) is 8.35. The van der Waals surface area contributed by atoms with Crippen LogP contribution in [0.2, 0.25) is 0 Å². The lowest BCUT2D eigenvalue weighted by Crippen LogP contribution is -2.46. The Balaban J connectivity index is 1.44. The number of allylic oxidation sites excluding steroid dienone is 2. The van der Waals surface area contributed by atoms with E-state index in [0.29, 0.717) is 45.1 Å². The summed E-state index contributed by atoms with van der Waals surface area (Å²) in [7, 11) is 1.59. The smallest absolute Gasteiger partial charge is 0.223 e. The molecule has 41 heavy (non-hydrogen) atoms. The molecule has 1 aliphatic carbocycles. The van der Waals surface area contributed by atoms with Crippen molar-refractivity contribution < 1.29 is 33.4 Å². The molecule has 9 nitrogen and oxygen atoms in total. The van der Waals surface area contributed by atoms with Crippen LogP contribution in [0, 0.1) is 11.8 Å². The van der Waals surface area contributed by atoms with Gasteiger partial charge < -0.3 is 19.5 Å². The second kappa shape index (κ2) is 14.3. The third kappa shape index (κ3) is 9.05. The molecule has 4 atom stereocenters. The second-order valence-corrected chi connectivity index (χ2v) is 11.9. The molecule has 1 N–H and O–H groups in total. The lowest BCUT2D eigenvalue weighted by Gasteiger charge is -2.26. The number of hydrogen-bond acceptors (Lipinski definition) is 8. The number of benzene rings is 1. The summed E-state index contributed by atoms with van der Waals surface area (Å²) in [4.78, 5) is 55.2. The van der Waals surface area contributed by atoms with E-state index in [4.69, 9.17) is 14.2 Å². The third-order valence-electron chi connectivity index (χ3n) is 8.35. The summed E-state index contributed by atoms with van der Waals surface area (Å²) in [5, 5.41) is 2.93. The number of rotatable bonds is 16. The Kier molecular flexibility index (Phi) is 10.9. The van der Waals surface area contributed by atoms with Crippen LogP contribution in [0.4, 0.5) is 0 Å². The monoisotopic (exact) mass is 568 g/mol. The van der Waals surface area contributed by atoms with Crippen LogP contribution >= 0.6 is 0 Å². The van der Waals surface area contributed by atoms with Crippen LogP contribution in [-0.2, 0) is 35.1 Å². The molecular formula is C32H44N2O7. The Morgan fingerprint density at radius 1 is 1.07 bits per heavy atom. The van der Waals surface area contributed by atoms with Crippen LogP contribution in [0.5, 0.6) is 5.75 Å². The molecular weight excluding hydrogens is 524 g/mol. The number of ether oxygens (including phenoxy) is 3. The molecule has 0 spiro atoms. The largest absolute Gasteiger partial charge is 0.497 e. The molecule has 9 heteroatoms. The molecule has 0 saturated carbocycles. The zero-order valence-electron chi connectivity index (χ0n) is 24.6. The van der Waals surface area contributed by atoms with Gasteiger partial charge in [0.25, 0.3) is 0 Å². The van der Waals surface area contributed by atoms with Crippen molar-refractivity contribution in [2.75, 3.05) is 46.6 Å². The highest BCUT2D eigenvalue weighted by atomic mass is 16.6. The van der Waals surface area contributed by atoms with E-state index in [1.807, 2.05) is 29.2 Å². The van der Waals surface area contributed by atoms with E-state index in [1.165, 1.54) is 5.57 Å². The van der Waals surface area contributed by atoms with E-state index >= 15 is 0 Å².